The lowest BCUT2D eigenvalue weighted by Gasteiger charge is -2.09. The Morgan fingerprint density at radius 2 is 1.86 bits per heavy atom. The van der Waals surface area contributed by atoms with E-state index in [0.717, 1.165) is 11.3 Å². The van der Waals surface area contributed by atoms with Crippen LogP contribution in [0.2, 0.25) is 0 Å². The molecular weight excluding hydrogens is 271 g/mol. The van der Waals surface area contributed by atoms with Crippen LogP contribution in [0.3, 0.4) is 0 Å². The second kappa shape index (κ2) is 7.28. The minimum atomic E-state index is -0.479. The van der Waals surface area contributed by atoms with Crippen LogP contribution < -0.4 is 10.6 Å². The molecule has 0 aliphatic heterocycles. The third-order valence-electron chi connectivity index (χ3n) is 2.79. The molecule has 0 aliphatic carbocycles. The van der Waals surface area contributed by atoms with Gasteiger partial charge in [0.15, 0.2) is 0 Å². The zero-order chi connectivity index (χ0) is 15.1. The molecule has 4 nitrogen and oxygen atoms in total. The van der Waals surface area contributed by atoms with Crippen LogP contribution in [0.1, 0.15) is 12.5 Å². The molecular formula is C16H17FN2O2. The van der Waals surface area contributed by atoms with Crippen molar-refractivity contribution in [1.82, 2.24) is 0 Å². The number of rotatable bonds is 5. The SMILES string of the molecule is CCOC(=O)Nc1cccc(NCc2ccc(F)cc2)c1. The van der Waals surface area contributed by atoms with E-state index in [1.807, 2.05) is 12.1 Å². The van der Waals surface area contributed by atoms with E-state index in [2.05, 4.69) is 10.6 Å². The van der Waals surface area contributed by atoms with Gasteiger partial charge in [-0.3, -0.25) is 5.32 Å². The highest BCUT2D eigenvalue weighted by molar-refractivity contribution is 5.85. The van der Waals surface area contributed by atoms with E-state index in [9.17, 15) is 9.18 Å². The first-order chi connectivity index (χ1) is 10.2. The van der Waals surface area contributed by atoms with Crippen LogP contribution in [0.15, 0.2) is 48.5 Å². The van der Waals surface area contributed by atoms with Crippen LogP contribution in [0.5, 0.6) is 0 Å². The van der Waals surface area contributed by atoms with E-state index >= 15 is 0 Å². The summed E-state index contributed by atoms with van der Waals surface area (Å²) in [6.07, 6.45) is -0.479. The van der Waals surface area contributed by atoms with E-state index in [0.29, 0.717) is 18.8 Å². The molecule has 2 aromatic carbocycles. The maximum atomic E-state index is 12.8. The van der Waals surface area contributed by atoms with Crippen molar-refractivity contribution in [3.05, 3.63) is 59.9 Å². The fourth-order valence-electron chi connectivity index (χ4n) is 1.80. The molecule has 0 unspecified atom stereocenters. The van der Waals surface area contributed by atoms with Crippen LogP contribution in [0.4, 0.5) is 20.6 Å². The van der Waals surface area contributed by atoms with Crippen LogP contribution >= 0.6 is 0 Å². The molecule has 0 saturated heterocycles. The molecule has 0 saturated carbocycles. The second-order valence-electron chi connectivity index (χ2n) is 4.41. The highest BCUT2D eigenvalue weighted by Crippen LogP contribution is 2.16. The summed E-state index contributed by atoms with van der Waals surface area (Å²) < 4.78 is 17.6. The lowest BCUT2D eigenvalue weighted by atomic mass is 10.2. The van der Waals surface area contributed by atoms with Gasteiger partial charge in [-0.25, -0.2) is 9.18 Å². The van der Waals surface area contributed by atoms with Crippen molar-refractivity contribution in [2.75, 3.05) is 17.2 Å². The smallest absolute Gasteiger partial charge is 0.411 e. The van der Waals surface area contributed by atoms with Gasteiger partial charge >= 0.3 is 6.09 Å². The van der Waals surface area contributed by atoms with Gasteiger partial charge in [0.25, 0.3) is 0 Å². The second-order valence-corrected chi connectivity index (χ2v) is 4.41. The summed E-state index contributed by atoms with van der Waals surface area (Å²) in [6.45, 7) is 2.65. The normalized spacial score (nSPS) is 10.0. The van der Waals surface area contributed by atoms with Gasteiger partial charge in [-0.1, -0.05) is 18.2 Å². The lowest BCUT2D eigenvalue weighted by molar-refractivity contribution is 0.168. The Kier molecular flexibility index (Phi) is 5.15. The number of nitrogens with one attached hydrogen (secondary N) is 2. The fourth-order valence-corrected chi connectivity index (χ4v) is 1.80. The predicted molar refractivity (Wildman–Crippen MR) is 80.8 cm³/mol. The van der Waals surface area contributed by atoms with Crippen molar-refractivity contribution in [3.8, 4) is 0 Å². The molecule has 110 valence electrons. The molecule has 0 atom stereocenters. The molecule has 0 heterocycles. The van der Waals surface area contributed by atoms with Gasteiger partial charge in [-0.2, -0.15) is 0 Å². The highest BCUT2D eigenvalue weighted by atomic mass is 19.1. The summed E-state index contributed by atoms with van der Waals surface area (Å²) in [5.41, 5.74) is 2.48. The minimum Gasteiger partial charge on any atom is -0.450 e. The number of anilines is 2. The molecule has 0 spiro atoms. The number of ether oxygens (including phenoxy) is 1. The minimum absolute atomic E-state index is 0.251. The number of carbonyl (C=O) groups is 1. The summed E-state index contributed by atoms with van der Waals surface area (Å²) in [5, 5.41) is 5.85. The Morgan fingerprint density at radius 1 is 1.14 bits per heavy atom. The zero-order valence-corrected chi connectivity index (χ0v) is 11.7. The number of hydrogen-bond acceptors (Lipinski definition) is 3. The van der Waals surface area contributed by atoms with Gasteiger partial charge in [-0.05, 0) is 42.8 Å². The largest absolute Gasteiger partial charge is 0.450 e. The van der Waals surface area contributed by atoms with Gasteiger partial charge < -0.3 is 10.1 Å². The van der Waals surface area contributed by atoms with Crippen LogP contribution in [0, 0.1) is 5.82 Å². The molecule has 2 aromatic rings. The number of carbonyl (C=O) groups excluding carboxylic acids is 1. The first-order valence-electron chi connectivity index (χ1n) is 6.69. The summed E-state index contributed by atoms with van der Waals surface area (Å²) >= 11 is 0. The molecule has 0 radical (unpaired) electrons. The summed E-state index contributed by atoms with van der Waals surface area (Å²) in [7, 11) is 0. The highest BCUT2D eigenvalue weighted by Gasteiger charge is 2.02. The van der Waals surface area contributed by atoms with E-state index in [1.165, 1.54) is 12.1 Å². The first-order valence-corrected chi connectivity index (χ1v) is 6.69. The Bertz CT molecular complexity index is 599. The topological polar surface area (TPSA) is 50.4 Å². The molecule has 1 amide bonds. The van der Waals surface area contributed by atoms with E-state index < -0.39 is 6.09 Å². The van der Waals surface area contributed by atoms with Crippen molar-refractivity contribution in [2.24, 2.45) is 0 Å². The summed E-state index contributed by atoms with van der Waals surface area (Å²) in [5.74, 6) is -0.251. The van der Waals surface area contributed by atoms with Crippen molar-refractivity contribution < 1.29 is 13.9 Å². The molecule has 0 aromatic heterocycles. The van der Waals surface area contributed by atoms with Gasteiger partial charge in [0.2, 0.25) is 0 Å². The Labute approximate surface area is 122 Å². The molecule has 2 N–H and O–H groups in total. The maximum absolute atomic E-state index is 12.8. The average Bonchev–Trinajstić information content (AvgIpc) is 2.47. The van der Waals surface area contributed by atoms with Gasteiger partial charge in [-0.15, -0.1) is 0 Å². The van der Waals surface area contributed by atoms with Crippen molar-refractivity contribution >= 4 is 17.5 Å². The maximum Gasteiger partial charge on any atom is 0.411 e. The van der Waals surface area contributed by atoms with Crippen LogP contribution in [0.25, 0.3) is 0 Å². The summed E-state index contributed by atoms with van der Waals surface area (Å²) in [6, 6.07) is 13.6. The van der Waals surface area contributed by atoms with Gasteiger partial charge in [0.1, 0.15) is 5.82 Å². The van der Waals surface area contributed by atoms with E-state index in [4.69, 9.17) is 4.74 Å². The Hall–Kier alpha value is -2.56. The lowest BCUT2D eigenvalue weighted by Crippen LogP contribution is -2.13. The molecule has 0 bridgehead atoms. The standard InChI is InChI=1S/C16H17FN2O2/c1-2-21-16(20)19-15-5-3-4-14(10-15)18-11-12-6-8-13(17)9-7-12/h3-10,18H,2,11H2,1H3,(H,19,20). The van der Waals surface area contributed by atoms with Crippen molar-refractivity contribution in [1.29, 1.82) is 0 Å². The van der Waals surface area contributed by atoms with Crippen molar-refractivity contribution in [3.63, 3.8) is 0 Å². The monoisotopic (exact) mass is 288 g/mol. The molecule has 2 rings (SSSR count). The summed E-state index contributed by atoms with van der Waals surface area (Å²) in [4.78, 5) is 11.3. The van der Waals surface area contributed by atoms with Crippen LogP contribution in [-0.2, 0) is 11.3 Å². The predicted octanol–water partition coefficient (Wildman–Crippen LogP) is 4.01. The Balaban J connectivity index is 1.94. The first kappa shape index (κ1) is 14.8. The molecule has 0 aliphatic rings. The fraction of sp³-hybridized carbons (Fsp3) is 0.188. The van der Waals surface area contributed by atoms with Gasteiger partial charge in [0, 0.05) is 17.9 Å². The number of amides is 1. The molecule has 21 heavy (non-hydrogen) atoms. The van der Waals surface area contributed by atoms with E-state index in [1.54, 1.807) is 31.2 Å². The third-order valence-corrected chi connectivity index (χ3v) is 2.79. The molecule has 5 heteroatoms. The van der Waals surface area contributed by atoms with Gasteiger partial charge in [0.05, 0.1) is 6.61 Å². The van der Waals surface area contributed by atoms with Crippen LogP contribution in [-0.4, -0.2) is 12.7 Å². The number of halogens is 1. The quantitative estimate of drug-likeness (QED) is 0.874. The third kappa shape index (κ3) is 4.80. The zero-order valence-electron chi connectivity index (χ0n) is 11.7. The number of hydrogen-bond donors (Lipinski definition) is 2. The average molecular weight is 288 g/mol. The van der Waals surface area contributed by atoms with Crippen molar-refractivity contribution in [2.45, 2.75) is 13.5 Å². The van der Waals surface area contributed by atoms with E-state index in [-0.39, 0.29) is 5.82 Å². The number of benzene rings is 2. The Morgan fingerprint density at radius 3 is 2.57 bits per heavy atom. The molecule has 0 fully saturated rings.